The summed E-state index contributed by atoms with van der Waals surface area (Å²) < 4.78 is 4.57. The molecule has 0 aliphatic heterocycles. The fraction of sp³-hybridized carbons (Fsp3) is 0.400. The van der Waals surface area contributed by atoms with Gasteiger partial charge in [0.1, 0.15) is 5.78 Å². The number of nitrogen functional groups attached to an aromatic ring is 1. The first kappa shape index (κ1) is 13.6. The van der Waals surface area contributed by atoms with Crippen LogP contribution < -0.4 is 11.1 Å². The number of hydrogen-bond acceptors (Lipinski definition) is 6. The van der Waals surface area contributed by atoms with Gasteiger partial charge in [-0.05, 0) is 40.7 Å². The zero-order chi connectivity index (χ0) is 14.8. The van der Waals surface area contributed by atoms with Crippen LogP contribution in [-0.2, 0) is 4.79 Å². The van der Waals surface area contributed by atoms with Gasteiger partial charge in [0.2, 0.25) is 11.6 Å². The lowest BCUT2D eigenvalue weighted by molar-refractivity contribution is -0.120. The van der Waals surface area contributed by atoms with E-state index in [1.54, 1.807) is 0 Å². The van der Waals surface area contributed by atoms with Gasteiger partial charge in [0.15, 0.2) is 0 Å². The third-order valence-electron chi connectivity index (χ3n) is 4.00. The van der Waals surface area contributed by atoms with Crippen LogP contribution in [0, 0.1) is 6.92 Å². The minimum absolute atomic E-state index is 0.00468. The van der Waals surface area contributed by atoms with E-state index in [0.29, 0.717) is 18.7 Å². The number of ketones is 1. The zero-order valence-corrected chi connectivity index (χ0v) is 11.9. The Labute approximate surface area is 122 Å². The fourth-order valence-electron chi connectivity index (χ4n) is 3.02. The van der Waals surface area contributed by atoms with Crippen LogP contribution in [0.2, 0.25) is 0 Å². The van der Waals surface area contributed by atoms with Gasteiger partial charge in [0, 0.05) is 18.9 Å². The minimum Gasteiger partial charge on any atom is -0.378 e. The predicted molar refractivity (Wildman–Crippen MR) is 78.9 cm³/mol. The summed E-state index contributed by atoms with van der Waals surface area (Å²) >= 11 is 0. The van der Waals surface area contributed by atoms with E-state index in [4.69, 9.17) is 5.73 Å². The first-order chi connectivity index (χ1) is 10.1. The molecule has 0 radical (unpaired) electrons. The number of nitrogens with zero attached hydrogens (tertiary/aromatic N) is 2. The number of nitrogens with two attached hydrogens (primary N) is 1. The molecule has 6 nitrogen and oxygen atoms in total. The molecule has 1 saturated carbocycles. The standard InChI is InChI=1S/C15H18N4O2/c1-9-4-2-3-5-13(9)10-6-11(8-12(20)7-10)17-15-14(16)18-21-19-15/h2-5,10-11H,6-8H2,1H3,(H2,16,18)(H,17,19)/t10-,11-/m1/s1. The largest absolute Gasteiger partial charge is 0.378 e. The highest BCUT2D eigenvalue weighted by Gasteiger charge is 2.29. The molecule has 1 aliphatic carbocycles. The van der Waals surface area contributed by atoms with Gasteiger partial charge in [0.05, 0.1) is 0 Å². The highest BCUT2D eigenvalue weighted by Crippen LogP contribution is 2.34. The van der Waals surface area contributed by atoms with Crippen LogP contribution in [0.15, 0.2) is 28.9 Å². The van der Waals surface area contributed by atoms with Gasteiger partial charge in [-0.15, -0.1) is 0 Å². The van der Waals surface area contributed by atoms with Crippen molar-refractivity contribution in [2.24, 2.45) is 0 Å². The average molecular weight is 286 g/mol. The van der Waals surface area contributed by atoms with E-state index >= 15 is 0 Å². The molecule has 1 aromatic heterocycles. The Morgan fingerprint density at radius 1 is 1.29 bits per heavy atom. The number of aryl methyl sites for hydroxylation is 1. The summed E-state index contributed by atoms with van der Waals surface area (Å²) in [6.07, 6.45) is 1.94. The van der Waals surface area contributed by atoms with Crippen molar-refractivity contribution in [3.8, 4) is 0 Å². The molecule has 3 N–H and O–H groups in total. The number of carbonyl (C=O) groups is 1. The molecule has 3 rings (SSSR count). The minimum atomic E-state index is 0.00468. The third kappa shape index (κ3) is 2.89. The number of nitrogens with one attached hydrogen (secondary N) is 1. The summed E-state index contributed by atoms with van der Waals surface area (Å²) in [5.41, 5.74) is 8.11. The second-order valence-corrected chi connectivity index (χ2v) is 5.58. The van der Waals surface area contributed by atoms with E-state index in [-0.39, 0.29) is 23.6 Å². The Morgan fingerprint density at radius 2 is 2.10 bits per heavy atom. The van der Waals surface area contributed by atoms with E-state index in [2.05, 4.69) is 39.3 Å². The molecule has 1 aliphatic rings. The molecule has 1 heterocycles. The van der Waals surface area contributed by atoms with Crippen LogP contribution in [0.1, 0.15) is 36.3 Å². The highest BCUT2D eigenvalue weighted by molar-refractivity contribution is 5.81. The van der Waals surface area contributed by atoms with Crippen molar-refractivity contribution in [3.63, 3.8) is 0 Å². The molecule has 110 valence electrons. The van der Waals surface area contributed by atoms with Crippen LogP contribution in [0.4, 0.5) is 11.6 Å². The first-order valence-corrected chi connectivity index (χ1v) is 7.05. The Balaban J connectivity index is 1.77. The molecule has 0 unspecified atom stereocenters. The maximum Gasteiger partial charge on any atom is 0.215 e. The Kier molecular flexibility index (Phi) is 3.60. The van der Waals surface area contributed by atoms with Crippen molar-refractivity contribution in [3.05, 3.63) is 35.4 Å². The van der Waals surface area contributed by atoms with Crippen molar-refractivity contribution < 1.29 is 9.42 Å². The molecule has 0 saturated heterocycles. The molecule has 2 atom stereocenters. The molecular weight excluding hydrogens is 268 g/mol. The third-order valence-corrected chi connectivity index (χ3v) is 4.00. The van der Waals surface area contributed by atoms with Gasteiger partial charge < -0.3 is 11.1 Å². The average Bonchev–Trinajstić information content (AvgIpc) is 2.84. The van der Waals surface area contributed by atoms with Gasteiger partial charge in [-0.1, -0.05) is 24.3 Å². The second-order valence-electron chi connectivity index (χ2n) is 5.58. The summed E-state index contributed by atoms with van der Waals surface area (Å²) in [5.74, 6) is 1.12. The summed E-state index contributed by atoms with van der Waals surface area (Å²) in [4.78, 5) is 12.1. The number of anilines is 2. The van der Waals surface area contributed by atoms with E-state index in [1.807, 2.05) is 12.1 Å². The lowest BCUT2D eigenvalue weighted by atomic mass is 9.79. The number of rotatable bonds is 3. The van der Waals surface area contributed by atoms with Gasteiger partial charge in [-0.3, -0.25) is 4.79 Å². The van der Waals surface area contributed by atoms with Gasteiger partial charge in [-0.2, -0.15) is 0 Å². The van der Waals surface area contributed by atoms with Crippen molar-refractivity contribution in [2.45, 2.75) is 38.1 Å². The van der Waals surface area contributed by atoms with Crippen molar-refractivity contribution in [2.75, 3.05) is 11.1 Å². The molecule has 0 amide bonds. The van der Waals surface area contributed by atoms with Crippen LogP contribution in [0.3, 0.4) is 0 Å². The second kappa shape index (κ2) is 5.55. The monoisotopic (exact) mass is 286 g/mol. The lowest BCUT2D eigenvalue weighted by Crippen LogP contribution is -2.32. The normalized spacial score (nSPS) is 22.2. The van der Waals surface area contributed by atoms with Crippen LogP contribution >= 0.6 is 0 Å². The molecule has 0 bridgehead atoms. The van der Waals surface area contributed by atoms with E-state index in [9.17, 15) is 4.79 Å². The number of hydrogen-bond donors (Lipinski definition) is 2. The van der Waals surface area contributed by atoms with E-state index in [1.165, 1.54) is 11.1 Å². The molecular formula is C15H18N4O2. The lowest BCUT2D eigenvalue weighted by Gasteiger charge is -2.29. The number of carbonyl (C=O) groups excluding carboxylic acids is 1. The maximum absolute atomic E-state index is 12.1. The number of Topliss-reactive ketones (excluding diaryl/α,β-unsaturated/α-hetero) is 1. The fourth-order valence-corrected chi connectivity index (χ4v) is 3.02. The Morgan fingerprint density at radius 3 is 2.81 bits per heavy atom. The Bertz CT molecular complexity index is 653. The highest BCUT2D eigenvalue weighted by atomic mass is 16.6. The topological polar surface area (TPSA) is 94.0 Å². The molecule has 1 fully saturated rings. The summed E-state index contributed by atoms with van der Waals surface area (Å²) in [5, 5.41) is 10.4. The van der Waals surface area contributed by atoms with Crippen molar-refractivity contribution in [1.29, 1.82) is 0 Å². The van der Waals surface area contributed by atoms with E-state index < -0.39 is 0 Å². The summed E-state index contributed by atoms with van der Waals surface area (Å²) in [6.45, 7) is 2.08. The van der Waals surface area contributed by atoms with Crippen molar-refractivity contribution in [1.82, 2.24) is 10.3 Å². The first-order valence-electron chi connectivity index (χ1n) is 7.05. The molecule has 1 aromatic carbocycles. The van der Waals surface area contributed by atoms with Gasteiger partial charge in [-0.25, -0.2) is 4.63 Å². The van der Waals surface area contributed by atoms with Gasteiger partial charge in [0.25, 0.3) is 0 Å². The zero-order valence-electron chi connectivity index (χ0n) is 11.9. The number of aromatic nitrogens is 2. The van der Waals surface area contributed by atoms with Crippen molar-refractivity contribution >= 4 is 17.4 Å². The van der Waals surface area contributed by atoms with Crippen LogP contribution in [0.25, 0.3) is 0 Å². The molecule has 0 spiro atoms. The van der Waals surface area contributed by atoms with Crippen LogP contribution in [0.5, 0.6) is 0 Å². The molecule has 21 heavy (non-hydrogen) atoms. The van der Waals surface area contributed by atoms with E-state index in [0.717, 1.165) is 6.42 Å². The quantitative estimate of drug-likeness (QED) is 0.899. The molecule has 2 aromatic rings. The predicted octanol–water partition coefficient (Wildman–Crippen LogP) is 2.28. The molecule has 6 heteroatoms. The SMILES string of the molecule is Cc1ccccc1[C@H]1CC(=O)C[C@H](Nc2nonc2N)C1. The summed E-state index contributed by atoms with van der Waals surface area (Å²) in [7, 11) is 0. The van der Waals surface area contributed by atoms with Gasteiger partial charge >= 0.3 is 0 Å². The smallest absolute Gasteiger partial charge is 0.215 e. The number of benzene rings is 1. The summed E-state index contributed by atoms with van der Waals surface area (Å²) in [6, 6.07) is 8.22. The maximum atomic E-state index is 12.1. The van der Waals surface area contributed by atoms with Crippen LogP contribution in [-0.4, -0.2) is 22.1 Å². The Hall–Kier alpha value is -2.37.